The summed E-state index contributed by atoms with van der Waals surface area (Å²) >= 11 is 0. The Kier molecular flexibility index (Phi) is 5.01. The van der Waals surface area contributed by atoms with Crippen LogP contribution in [0.3, 0.4) is 0 Å². The van der Waals surface area contributed by atoms with Gasteiger partial charge in [0, 0.05) is 18.3 Å². The molecule has 0 saturated carbocycles. The van der Waals surface area contributed by atoms with E-state index in [4.69, 9.17) is 5.26 Å². The number of carbonyl (C=O) groups excluding carboxylic acids is 2. The molecule has 2 rings (SSSR count). The first-order chi connectivity index (χ1) is 10.9. The van der Waals surface area contributed by atoms with Crippen LogP contribution < -0.4 is 5.32 Å². The van der Waals surface area contributed by atoms with Gasteiger partial charge in [-0.25, -0.2) is 8.42 Å². The molecule has 0 radical (unpaired) electrons. The summed E-state index contributed by atoms with van der Waals surface area (Å²) in [6.07, 6.45) is 0.353. The number of sulfone groups is 1. The Labute approximate surface area is 134 Å². The van der Waals surface area contributed by atoms with E-state index in [1.807, 2.05) is 6.07 Å². The number of benzene rings is 1. The Morgan fingerprint density at radius 2 is 2.00 bits per heavy atom. The van der Waals surface area contributed by atoms with Gasteiger partial charge >= 0.3 is 11.8 Å². The summed E-state index contributed by atoms with van der Waals surface area (Å²) in [6.45, 7) is 1.97. The fourth-order valence-corrected chi connectivity index (χ4v) is 4.26. The van der Waals surface area contributed by atoms with Crippen LogP contribution in [0.15, 0.2) is 24.3 Å². The van der Waals surface area contributed by atoms with E-state index < -0.39 is 27.7 Å². The molecule has 0 spiro atoms. The topological polar surface area (TPSA) is 107 Å². The Bertz CT molecular complexity index is 750. The maximum Gasteiger partial charge on any atom is 0.313 e. The van der Waals surface area contributed by atoms with E-state index >= 15 is 0 Å². The Hall–Kier alpha value is -2.40. The largest absolute Gasteiger partial charge is 0.331 e. The highest BCUT2D eigenvalue weighted by molar-refractivity contribution is 7.91. The molecule has 1 saturated heterocycles. The van der Waals surface area contributed by atoms with Crippen molar-refractivity contribution >= 4 is 27.3 Å². The number of anilines is 1. The number of nitrogens with one attached hydrogen (secondary N) is 1. The second-order valence-corrected chi connectivity index (χ2v) is 7.52. The molecule has 1 fully saturated rings. The van der Waals surface area contributed by atoms with Gasteiger partial charge in [-0.15, -0.1) is 0 Å². The van der Waals surface area contributed by atoms with Gasteiger partial charge in [0.1, 0.15) is 0 Å². The molecule has 0 aliphatic carbocycles. The lowest BCUT2D eigenvalue weighted by Gasteiger charge is -2.26. The molecule has 1 heterocycles. The predicted octanol–water partition coefficient (Wildman–Crippen LogP) is 0.532. The lowest BCUT2D eigenvalue weighted by molar-refractivity contribution is -0.144. The van der Waals surface area contributed by atoms with E-state index in [9.17, 15) is 18.0 Å². The smallest absolute Gasteiger partial charge is 0.313 e. The van der Waals surface area contributed by atoms with Gasteiger partial charge in [0.2, 0.25) is 0 Å². The van der Waals surface area contributed by atoms with Crippen molar-refractivity contribution in [3.05, 3.63) is 29.8 Å². The van der Waals surface area contributed by atoms with Crippen molar-refractivity contribution in [2.24, 2.45) is 0 Å². The van der Waals surface area contributed by atoms with Crippen LogP contribution in [-0.2, 0) is 19.4 Å². The molecule has 23 heavy (non-hydrogen) atoms. The summed E-state index contributed by atoms with van der Waals surface area (Å²) in [5.74, 6) is -1.63. The molecule has 1 aliphatic heterocycles. The zero-order valence-electron chi connectivity index (χ0n) is 12.7. The number of hydrogen-bond donors (Lipinski definition) is 1. The third-order valence-electron chi connectivity index (χ3n) is 3.72. The highest BCUT2D eigenvalue weighted by Gasteiger charge is 2.35. The van der Waals surface area contributed by atoms with Crippen molar-refractivity contribution in [1.82, 2.24) is 4.90 Å². The lowest BCUT2D eigenvalue weighted by atomic mass is 10.2. The third kappa shape index (κ3) is 4.07. The standard InChI is InChI=1S/C15H17N3O4S/c1-2-18(13-7-8-23(21,22)10-13)15(20)14(19)17-12-5-3-11(9-16)4-6-12/h3-6,13H,2,7-8,10H2,1H3,(H,17,19). The number of nitrogens with zero attached hydrogens (tertiary/aromatic N) is 2. The summed E-state index contributed by atoms with van der Waals surface area (Å²) < 4.78 is 23.1. The van der Waals surface area contributed by atoms with Gasteiger partial charge < -0.3 is 10.2 Å². The van der Waals surface area contributed by atoms with Crippen LogP contribution in [0.4, 0.5) is 5.69 Å². The molecule has 1 aromatic rings. The fourth-order valence-electron chi connectivity index (χ4n) is 2.53. The average molecular weight is 335 g/mol. The highest BCUT2D eigenvalue weighted by Crippen LogP contribution is 2.18. The van der Waals surface area contributed by atoms with Gasteiger partial charge in [-0.05, 0) is 37.6 Å². The minimum absolute atomic E-state index is 0.0404. The highest BCUT2D eigenvalue weighted by atomic mass is 32.2. The molecule has 1 unspecified atom stereocenters. The van der Waals surface area contributed by atoms with Gasteiger partial charge in [-0.2, -0.15) is 5.26 Å². The second-order valence-electron chi connectivity index (χ2n) is 5.29. The maximum absolute atomic E-state index is 12.3. The van der Waals surface area contributed by atoms with Crippen molar-refractivity contribution in [2.45, 2.75) is 19.4 Å². The number of amides is 2. The van der Waals surface area contributed by atoms with E-state index in [-0.39, 0.29) is 18.1 Å². The average Bonchev–Trinajstić information content (AvgIpc) is 2.88. The van der Waals surface area contributed by atoms with Crippen molar-refractivity contribution in [3.8, 4) is 6.07 Å². The van der Waals surface area contributed by atoms with Crippen molar-refractivity contribution in [2.75, 3.05) is 23.4 Å². The molecule has 2 amide bonds. The molecule has 0 aromatic heterocycles. The van der Waals surface area contributed by atoms with Crippen LogP contribution in [0.25, 0.3) is 0 Å². The fraction of sp³-hybridized carbons (Fsp3) is 0.400. The van der Waals surface area contributed by atoms with Crippen LogP contribution in [0.5, 0.6) is 0 Å². The number of hydrogen-bond acceptors (Lipinski definition) is 5. The summed E-state index contributed by atoms with van der Waals surface area (Å²) in [5, 5.41) is 11.2. The number of likely N-dealkylation sites (N-methyl/N-ethyl adjacent to an activating group) is 1. The minimum Gasteiger partial charge on any atom is -0.331 e. The number of nitriles is 1. The monoisotopic (exact) mass is 335 g/mol. The first-order valence-electron chi connectivity index (χ1n) is 7.19. The van der Waals surface area contributed by atoms with Crippen LogP contribution in [0.1, 0.15) is 18.9 Å². The molecular weight excluding hydrogens is 318 g/mol. The van der Waals surface area contributed by atoms with E-state index in [1.165, 1.54) is 29.2 Å². The number of carbonyl (C=O) groups is 2. The summed E-state index contributed by atoms with van der Waals surface area (Å²) in [5.41, 5.74) is 0.845. The van der Waals surface area contributed by atoms with E-state index in [2.05, 4.69) is 5.32 Å². The minimum atomic E-state index is -3.13. The van der Waals surface area contributed by atoms with Crippen molar-refractivity contribution < 1.29 is 18.0 Å². The van der Waals surface area contributed by atoms with Crippen molar-refractivity contribution in [3.63, 3.8) is 0 Å². The van der Waals surface area contributed by atoms with Gasteiger partial charge in [0.05, 0.1) is 23.1 Å². The van der Waals surface area contributed by atoms with E-state index in [0.717, 1.165) is 0 Å². The van der Waals surface area contributed by atoms with Crippen LogP contribution in [-0.4, -0.2) is 49.2 Å². The summed E-state index contributed by atoms with van der Waals surface area (Å²) in [6, 6.07) is 7.62. The first-order valence-corrected chi connectivity index (χ1v) is 9.01. The summed E-state index contributed by atoms with van der Waals surface area (Å²) in [7, 11) is -3.13. The molecule has 7 nitrogen and oxygen atoms in total. The lowest BCUT2D eigenvalue weighted by Crippen LogP contribution is -2.46. The maximum atomic E-state index is 12.3. The van der Waals surface area contributed by atoms with E-state index in [0.29, 0.717) is 17.7 Å². The zero-order valence-corrected chi connectivity index (χ0v) is 13.5. The molecule has 1 aromatic carbocycles. The molecule has 0 bridgehead atoms. The zero-order chi connectivity index (χ0) is 17.0. The van der Waals surface area contributed by atoms with E-state index in [1.54, 1.807) is 6.92 Å². The normalized spacial score (nSPS) is 18.9. The molecular formula is C15H17N3O4S. The predicted molar refractivity (Wildman–Crippen MR) is 84.2 cm³/mol. The Morgan fingerprint density at radius 1 is 1.35 bits per heavy atom. The Morgan fingerprint density at radius 3 is 2.48 bits per heavy atom. The van der Waals surface area contributed by atoms with Crippen molar-refractivity contribution in [1.29, 1.82) is 5.26 Å². The molecule has 1 aliphatic rings. The molecule has 1 atom stereocenters. The summed E-state index contributed by atoms with van der Waals surface area (Å²) in [4.78, 5) is 25.6. The van der Waals surface area contributed by atoms with Crippen LogP contribution >= 0.6 is 0 Å². The quantitative estimate of drug-likeness (QED) is 0.811. The van der Waals surface area contributed by atoms with Gasteiger partial charge in [0.25, 0.3) is 0 Å². The third-order valence-corrected chi connectivity index (χ3v) is 5.47. The molecule has 122 valence electrons. The van der Waals surface area contributed by atoms with Gasteiger partial charge in [0.15, 0.2) is 9.84 Å². The molecule has 1 N–H and O–H groups in total. The second kappa shape index (κ2) is 6.79. The van der Waals surface area contributed by atoms with Gasteiger partial charge in [-0.3, -0.25) is 9.59 Å². The first kappa shape index (κ1) is 17.0. The van der Waals surface area contributed by atoms with Crippen LogP contribution in [0, 0.1) is 11.3 Å². The van der Waals surface area contributed by atoms with Gasteiger partial charge in [-0.1, -0.05) is 0 Å². The molecule has 8 heteroatoms. The van der Waals surface area contributed by atoms with Crippen LogP contribution in [0.2, 0.25) is 0 Å². The number of rotatable bonds is 3. The Balaban J connectivity index is 2.05. The SMILES string of the molecule is CCN(C(=O)C(=O)Nc1ccc(C#N)cc1)C1CCS(=O)(=O)C1.